The maximum Gasteiger partial charge on any atom is 0.123 e. The van der Waals surface area contributed by atoms with Gasteiger partial charge in [0.1, 0.15) is 5.82 Å². The van der Waals surface area contributed by atoms with Gasteiger partial charge in [-0.25, -0.2) is 4.39 Å². The molecule has 2 N–H and O–H groups in total. The van der Waals surface area contributed by atoms with Crippen molar-refractivity contribution in [2.24, 2.45) is 11.7 Å². The number of benzene rings is 1. The lowest BCUT2D eigenvalue weighted by Crippen LogP contribution is -2.35. The van der Waals surface area contributed by atoms with E-state index in [4.69, 9.17) is 10.5 Å². The third kappa shape index (κ3) is 2.98. The molecule has 0 aromatic heterocycles. The number of nitrogens with two attached hydrogens (primary N) is 1. The monoisotopic (exact) mass is 265 g/mol. The van der Waals surface area contributed by atoms with E-state index in [0.29, 0.717) is 0 Å². The van der Waals surface area contributed by atoms with Crippen LogP contribution in [0.2, 0.25) is 0 Å². The molecule has 1 aliphatic heterocycles. The first-order valence-corrected chi connectivity index (χ1v) is 6.84. The molecule has 1 heterocycles. The lowest BCUT2D eigenvalue weighted by Gasteiger charge is -2.31. The molecular weight excluding hydrogens is 241 g/mol. The van der Waals surface area contributed by atoms with Gasteiger partial charge in [0.25, 0.3) is 0 Å². The van der Waals surface area contributed by atoms with Gasteiger partial charge in [0.15, 0.2) is 0 Å². The minimum atomic E-state index is -0.289. The van der Waals surface area contributed by atoms with E-state index in [0.717, 1.165) is 17.5 Å². The topological polar surface area (TPSA) is 35.2 Å². The van der Waals surface area contributed by atoms with Crippen LogP contribution in [0.3, 0.4) is 0 Å². The molecule has 2 nitrogen and oxygen atoms in total. The first kappa shape index (κ1) is 14.5. The van der Waals surface area contributed by atoms with Crippen LogP contribution >= 0.6 is 0 Å². The smallest absolute Gasteiger partial charge is 0.123 e. The molecule has 2 rings (SSSR count). The van der Waals surface area contributed by atoms with Crippen LogP contribution < -0.4 is 5.73 Å². The molecule has 0 radical (unpaired) electrons. The minimum Gasteiger partial charge on any atom is -0.369 e. The Kier molecular flexibility index (Phi) is 3.48. The molecule has 106 valence electrons. The fraction of sp³-hybridized carbons (Fsp3) is 0.625. The van der Waals surface area contributed by atoms with Crippen LogP contribution in [0.15, 0.2) is 18.2 Å². The maximum absolute atomic E-state index is 13.5. The van der Waals surface area contributed by atoms with Crippen LogP contribution in [0.5, 0.6) is 0 Å². The minimum absolute atomic E-state index is 0.172. The number of ether oxygens (including phenoxy) is 1. The summed E-state index contributed by atoms with van der Waals surface area (Å²) in [4.78, 5) is 0. The Labute approximate surface area is 115 Å². The molecule has 1 aliphatic rings. The first-order chi connectivity index (χ1) is 8.61. The second-order valence-corrected chi connectivity index (χ2v) is 6.86. The van der Waals surface area contributed by atoms with E-state index >= 15 is 0 Å². The van der Waals surface area contributed by atoms with Crippen molar-refractivity contribution < 1.29 is 9.13 Å². The zero-order chi connectivity index (χ0) is 14.4. The van der Waals surface area contributed by atoms with Crippen molar-refractivity contribution in [2.75, 3.05) is 0 Å². The van der Waals surface area contributed by atoms with Crippen molar-refractivity contribution in [3.05, 3.63) is 35.1 Å². The predicted molar refractivity (Wildman–Crippen MR) is 75.4 cm³/mol. The van der Waals surface area contributed by atoms with Crippen LogP contribution in [-0.4, -0.2) is 11.2 Å². The highest BCUT2D eigenvalue weighted by Crippen LogP contribution is 2.46. The Balaban J connectivity index is 2.31. The van der Waals surface area contributed by atoms with Gasteiger partial charge in [-0.3, -0.25) is 0 Å². The highest BCUT2D eigenvalue weighted by molar-refractivity contribution is 5.27. The average molecular weight is 265 g/mol. The van der Waals surface area contributed by atoms with Crippen molar-refractivity contribution in [2.45, 2.75) is 58.3 Å². The van der Waals surface area contributed by atoms with Gasteiger partial charge in [0.2, 0.25) is 0 Å². The SMILES string of the molecule is Cc1cc(F)cc(C(N)C2CC(C)(C)OC2(C)C)c1. The number of aryl methyl sites for hydroxylation is 1. The summed E-state index contributed by atoms with van der Waals surface area (Å²) >= 11 is 0. The summed E-state index contributed by atoms with van der Waals surface area (Å²) in [6.07, 6.45) is 0.886. The summed E-state index contributed by atoms with van der Waals surface area (Å²) in [5.41, 5.74) is 7.69. The Bertz CT molecular complexity index is 461. The van der Waals surface area contributed by atoms with Gasteiger partial charge in [0, 0.05) is 12.0 Å². The summed E-state index contributed by atoms with van der Waals surface area (Å²) in [6, 6.07) is 4.83. The summed E-state index contributed by atoms with van der Waals surface area (Å²) < 4.78 is 19.6. The van der Waals surface area contributed by atoms with E-state index in [-0.39, 0.29) is 29.0 Å². The van der Waals surface area contributed by atoms with Crippen LogP contribution in [-0.2, 0) is 4.74 Å². The standard InChI is InChI=1S/C16H24FNO/c1-10-6-11(8-12(17)7-10)14(18)13-9-15(2,3)19-16(13,4)5/h6-8,13-14H,9,18H2,1-5H3. The second-order valence-electron chi connectivity index (χ2n) is 6.86. The van der Waals surface area contributed by atoms with E-state index in [9.17, 15) is 4.39 Å². The molecule has 0 amide bonds. The highest BCUT2D eigenvalue weighted by Gasteiger charge is 2.48. The largest absolute Gasteiger partial charge is 0.369 e. The number of hydrogen-bond donors (Lipinski definition) is 1. The second kappa shape index (κ2) is 4.57. The van der Waals surface area contributed by atoms with Crippen LogP contribution in [0.25, 0.3) is 0 Å². The summed E-state index contributed by atoms with van der Waals surface area (Å²) in [5.74, 6) is -0.0369. The fourth-order valence-corrected chi connectivity index (χ4v) is 3.35. The van der Waals surface area contributed by atoms with E-state index < -0.39 is 0 Å². The first-order valence-electron chi connectivity index (χ1n) is 6.84. The third-order valence-electron chi connectivity index (χ3n) is 4.03. The van der Waals surface area contributed by atoms with Crippen LogP contribution in [0, 0.1) is 18.7 Å². The number of hydrogen-bond acceptors (Lipinski definition) is 2. The molecule has 0 saturated carbocycles. The van der Waals surface area contributed by atoms with E-state index in [2.05, 4.69) is 27.7 Å². The zero-order valence-electron chi connectivity index (χ0n) is 12.5. The number of halogens is 1. The molecule has 0 spiro atoms. The lowest BCUT2D eigenvalue weighted by molar-refractivity contribution is -0.0767. The summed E-state index contributed by atoms with van der Waals surface area (Å²) in [5, 5.41) is 0. The van der Waals surface area contributed by atoms with Gasteiger partial charge in [0.05, 0.1) is 11.2 Å². The molecule has 1 fully saturated rings. The van der Waals surface area contributed by atoms with Crippen LogP contribution in [0.1, 0.15) is 51.3 Å². The normalized spacial score (nSPS) is 26.4. The Hall–Kier alpha value is -0.930. The molecular formula is C16H24FNO. The molecule has 0 bridgehead atoms. The van der Waals surface area contributed by atoms with E-state index in [1.165, 1.54) is 6.07 Å². The van der Waals surface area contributed by atoms with Crippen molar-refractivity contribution in [3.63, 3.8) is 0 Å². The zero-order valence-corrected chi connectivity index (χ0v) is 12.5. The quantitative estimate of drug-likeness (QED) is 0.884. The average Bonchev–Trinajstić information content (AvgIpc) is 2.44. The molecule has 1 saturated heterocycles. The van der Waals surface area contributed by atoms with Gasteiger partial charge in [-0.15, -0.1) is 0 Å². The van der Waals surface area contributed by atoms with Crippen molar-refractivity contribution in [1.29, 1.82) is 0 Å². The Morgan fingerprint density at radius 3 is 2.37 bits per heavy atom. The van der Waals surface area contributed by atoms with Gasteiger partial charge >= 0.3 is 0 Å². The van der Waals surface area contributed by atoms with Crippen molar-refractivity contribution >= 4 is 0 Å². The van der Waals surface area contributed by atoms with Crippen molar-refractivity contribution in [1.82, 2.24) is 0 Å². The number of rotatable bonds is 2. The van der Waals surface area contributed by atoms with E-state index in [1.54, 1.807) is 6.07 Å². The van der Waals surface area contributed by atoms with Crippen molar-refractivity contribution in [3.8, 4) is 0 Å². The highest BCUT2D eigenvalue weighted by atomic mass is 19.1. The fourth-order valence-electron chi connectivity index (χ4n) is 3.35. The summed E-state index contributed by atoms with van der Waals surface area (Å²) in [6.45, 7) is 10.2. The van der Waals surface area contributed by atoms with Gasteiger partial charge in [-0.2, -0.15) is 0 Å². The predicted octanol–water partition coefficient (Wildman–Crippen LogP) is 3.73. The molecule has 2 atom stereocenters. The maximum atomic E-state index is 13.5. The molecule has 0 aliphatic carbocycles. The van der Waals surface area contributed by atoms with Gasteiger partial charge < -0.3 is 10.5 Å². The molecule has 1 aromatic carbocycles. The van der Waals surface area contributed by atoms with E-state index in [1.807, 2.05) is 13.0 Å². The third-order valence-corrected chi connectivity index (χ3v) is 4.03. The molecule has 3 heteroatoms. The molecule has 1 aromatic rings. The lowest BCUT2D eigenvalue weighted by atomic mass is 9.79. The Morgan fingerprint density at radius 2 is 1.89 bits per heavy atom. The van der Waals surface area contributed by atoms with Gasteiger partial charge in [-0.05, 0) is 64.3 Å². The Morgan fingerprint density at radius 1 is 1.26 bits per heavy atom. The van der Waals surface area contributed by atoms with Gasteiger partial charge in [-0.1, -0.05) is 6.07 Å². The molecule has 2 unspecified atom stereocenters. The van der Waals surface area contributed by atoms with Crippen LogP contribution in [0.4, 0.5) is 4.39 Å². The molecule has 19 heavy (non-hydrogen) atoms. The summed E-state index contributed by atoms with van der Waals surface area (Å²) in [7, 11) is 0.